The molecule has 5 amide bonds. The van der Waals surface area contributed by atoms with Crippen molar-refractivity contribution in [3.8, 4) is 0 Å². The second-order valence-electron chi connectivity index (χ2n) is 6.37. The summed E-state index contributed by atoms with van der Waals surface area (Å²) in [5.74, 6) is -2.93. The second-order valence-corrected chi connectivity index (χ2v) is 6.37. The minimum Gasteiger partial charge on any atom is -0.321 e. The number of amides is 5. The van der Waals surface area contributed by atoms with Gasteiger partial charge in [-0.3, -0.25) is 39.2 Å². The number of anilines is 1. The van der Waals surface area contributed by atoms with Crippen LogP contribution in [-0.2, 0) is 9.59 Å². The fraction of sp³-hybridized carbons (Fsp3) is 0.158. The molecule has 140 valence electrons. The largest absolute Gasteiger partial charge is 0.321 e. The van der Waals surface area contributed by atoms with E-state index in [0.29, 0.717) is 5.56 Å². The maximum atomic E-state index is 12.9. The van der Waals surface area contributed by atoms with Gasteiger partial charge in [0.15, 0.2) is 0 Å². The summed E-state index contributed by atoms with van der Waals surface area (Å²) < 4.78 is 0. The van der Waals surface area contributed by atoms with Crippen LogP contribution in [-0.4, -0.2) is 45.5 Å². The van der Waals surface area contributed by atoms with E-state index >= 15 is 0 Å². The lowest BCUT2D eigenvalue weighted by atomic mass is 10.0. The number of nitrogens with one attached hydrogen (secondary N) is 2. The molecule has 2 aliphatic heterocycles. The first kappa shape index (κ1) is 17.5. The average Bonchev–Trinajstić information content (AvgIpc) is 2.94. The normalized spacial score (nSPS) is 18.7. The third-order valence-electron chi connectivity index (χ3n) is 4.64. The fourth-order valence-electron chi connectivity index (χ4n) is 3.31. The van der Waals surface area contributed by atoms with Crippen LogP contribution < -0.4 is 10.6 Å². The maximum Gasteiger partial charge on any atom is 0.264 e. The molecule has 28 heavy (non-hydrogen) atoms. The predicted molar refractivity (Wildman–Crippen MR) is 95.3 cm³/mol. The highest BCUT2D eigenvalue weighted by atomic mass is 16.2. The molecule has 2 aliphatic rings. The Morgan fingerprint density at radius 1 is 1.11 bits per heavy atom. The summed E-state index contributed by atoms with van der Waals surface area (Å²) in [5.41, 5.74) is 0.575. The van der Waals surface area contributed by atoms with Gasteiger partial charge >= 0.3 is 0 Å². The van der Waals surface area contributed by atoms with Crippen LogP contribution >= 0.6 is 0 Å². The zero-order valence-corrected chi connectivity index (χ0v) is 14.5. The summed E-state index contributed by atoms with van der Waals surface area (Å²) >= 11 is 0. The number of benzene rings is 1. The van der Waals surface area contributed by atoms with Crippen molar-refractivity contribution in [3.05, 3.63) is 59.4 Å². The highest BCUT2D eigenvalue weighted by Crippen LogP contribution is 2.32. The molecule has 9 heteroatoms. The Labute approximate surface area is 158 Å². The predicted octanol–water partition coefficient (Wildman–Crippen LogP) is 0.735. The first-order chi connectivity index (χ1) is 13.5. The Kier molecular flexibility index (Phi) is 4.19. The molecule has 1 atom stereocenters. The van der Waals surface area contributed by atoms with Crippen molar-refractivity contribution in [3.63, 3.8) is 0 Å². The standard InChI is InChI=1S/C19H14N4O5/c24-14-7-6-13(17(26)22-14)23-18(27)11-4-1-5-12(15(11)19(23)28)21-16(25)10-3-2-8-20-9-10/h1-5,8-9,13H,6-7H2,(H,21,25)(H,22,24,26). The van der Waals surface area contributed by atoms with Gasteiger partial charge in [0.25, 0.3) is 17.7 Å². The van der Waals surface area contributed by atoms with Crippen LogP contribution in [0.5, 0.6) is 0 Å². The highest BCUT2D eigenvalue weighted by molar-refractivity contribution is 6.26. The number of pyridine rings is 1. The van der Waals surface area contributed by atoms with Crippen LogP contribution in [0.1, 0.15) is 43.9 Å². The van der Waals surface area contributed by atoms with Gasteiger partial charge in [-0.05, 0) is 30.7 Å². The molecule has 3 heterocycles. The van der Waals surface area contributed by atoms with E-state index in [4.69, 9.17) is 0 Å². The van der Waals surface area contributed by atoms with Gasteiger partial charge in [0.1, 0.15) is 6.04 Å². The monoisotopic (exact) mass is 378 g/mol. The molecule has 4 rings (SSSR count). The smallest absolute Gasteiger partial charge is 0.264 e. The van der Waals surface area contributed by atoms with Crippen molar-refractivity contribution >= 4 is 35.2 Å². The average molecular weight is 378 g/mol. The summed E-state index contributed by atoms with van der Waals surface area (Å²) in [6.07, 6.45) is 3.00. The SMILES string of the molecule is O=C1CCC(N2C(=O)c3cccc(NC(=O)c4cccnc4)c3C2=O)C(=O)N1. The van der Waals surface area contributed by atoms with Crippen molar-refractivity contribution in [1.29, 1.82) is 0 Å². The molecule has 9 nitrogen and oxygen atoms in total. The number of aromatic nitrogens is 1. The zero-order chi connectivity index (χ0) is 19.8. The topological polar surface area (TPSA) is 126 Å². The molecule has 1 aromatic heterocycles. The van der Waals surface area contributed by atoms with Crippen LogP contribution in [0.2, 0.25) is 0 Å². The lowest BCUT2D eigenvalue weighted by molar-refractivity contribution is -0.136. The number of carbonyl (C=O) groups is 5. The molecular weight excluding hydrogens is 364 g/mol. The van der Waals surface area contributed by atoms with Gasteiger partial charge in [-0.25, -0.2) is 0 Å². The van der Waals surface area contributed by atoms with Crippen molar-refractivity contribution in [1.82, 2.24) is 15.2 Å². The van der Waals surface area contributed by atoms with Crippen LogP contribution in [0.4, 0.5) is 5.69 Å². The highest BCUT2D eigenvalue weighted by Gasteiger charge is 2.45. The van der Waals surface area contributed by atoms with Crippen LogP contribution in [0.15, 0.2) is 42.7 Å². The van der Waals surface area contributed by atoms with Gasteiger partial charge in [-0.1, -0.05) is 6.07 Å². The van der Waals surface area contributed by atoms with Crippen molar-refractivity contribution in [2.75, 3.05) is 5.32 Å². The quantitative estimate of drug-likeness (QED) is 0.759. The van der Waals surface area contributed by atoms with E-state index in [1.54, 1.807) is 12.1 Å². The molecule has 0 aliphatic carbocycles. The lowest BCUT2D eigenvalue weighted by Crippen LogP contribution is -2.54. The molecule has 1 aromatic carbocycles. The Balaban J connectivity index is 1.66. The minimum atomic E-state index is -1.06. The molecule has 2 aromatic rings. The van der Waals surface area contributed by atoms with E-state index in [2.05, 4.69) is 15.6 Å². The molecule has 1 saturated heterocycles. The number of imide groups is 2. The van der Waals surface area contributed by atoms with E-state index in [9.17, 15) is 24.0 Å². The third-order valence-corrected chi connectivity index (χ3v) is 4.64. The number of hydrogen-bond acceptors (Lipinski definition) is 6. The van der Waals surface area contributed by atoms with Crippen molar-refractivity contribution in [2.24, 2.45) is 0 Å². The Morgan fingerprint density at radius 2 is 1.93 bits per heavy atom. The van der Waals surface area contributed by atoms with Gasteiger partial charge in [0, 0.05) is 18.8 Å². The van der Waals surface area contributed by atoms with E-state index in [0.717, 1.165) is 4.90 Å². The lowest BCUT2D eigenvalue weighted by Gasteiger charge is -2.27. The molecule has 1 unspecified atom stereocenters. The first-order valence-electron chi connectivity index (χ1n) is 8.53. The van der Waals surface area contributed by atoms with Crippen LogP contribution in [0.25, 0.3) is 0 Å². The second kappa shape index (κ2) is 6.69. The number of hydrogen-bond donors (Lipinski definition) is 2. The number of piperidine rings is 1. The molecule has 0 bridgehead atoms. The summed E-state index contributed by atoms with van der Waals surface area (Å²) in [5, 5.41) is 4.76. The van der Waals surface area contributed by atoms with E-state index < -0.39 is 35.6 Å². The summed E-state index contributed by atoms with van der Waals surface area (Å²) in [6, 6.07) is 6.61. The van der Waals surface area contributed by atoms with E-state index in [1.807, 2.05) is 0 Å². The van der Waals surface area contributed by atoms with Crippen LogP contribution in [0.3, 0.4) is 0 Å². The fourth-order valence-corrected chi connectivity index (χ4v) is 3.31. The number of fused-ring (bicyclic) bond motifs is 1. The van der Waals surface area contributed by atoms with E-state index in [1.165, 1.54) is 30.6 Å². The van der Waals surface area contributed by atoms with Gasteiger partial charge < -0.3 is 5.32 Å². The van der Waals surface area contributed by atoms with Gasteiger partial charge in [-0.15, -0.1) is 0 Å². The molecule has 2 N–H and O–H groups in total. The Hall–Kier alpha value is -3.88. The Morgan fingerprint density at radius 3 is 2.64 bits per heavy atom. The molecule has 1 fully saturated rings. The molecule has 0 spiro atoms. The molecular formula is C19H14N4O5. The summed E-state index contributed by atoms with van der Waals surface area (Å²) in [7, 11) is 0. The van der Waals surface area contributed by atoms with Crippen molar-refractivity contribution in [2.45, 2.75) is 18.9 Å². The summed E-state index contributed by atoms with van der Waals surface area (Å²) in [4.78, 5) is 66.3. The maximum absolute atomic E-state index is 12.9. The third kappa shape index (κ3) is 2.82. The minimum absolute atomic E-state index is 0.0226. The van der Waals surface area contributed by atoms with Gasteiger partial charge in [0.2, 0.25) is 11.8 Å². The van der Waals surface area contributed by atoms with E-state index in [-0.39, 0.29) is 29.7 Å². The number of carbonyl (C=O) groups excluding carboxylic acids is 5. The summed E-state index contributed by atoms with van der Waals surface area (Å²) in [6.45, 7) is 0. The molecule has 0 radical (unpaired) electrons. The molecule has 0 saturated carbocycles. The zero-order valence-electron chi connectivity index (χ0n) is 14.5. The van der Waals surface area contributed by atoms with Gasteiger partial charge in [-0.2, -0.15) is 0 Å². The van der Waals surface area contributed by atoms with Gasteiger partial charge in [0.05, 0.1) is 22.4 Å². The van der Waals surface area contributed by atoms with Crippen LogP contribution in [0, 0.1) is 0 Å². The number of rotatable bonds is 3. The number of nitrogens with zero attached hydrogens (tertiary/aromatic N) is 2. The Bertz CT molecular complexity index is 1030. The first-order valence-corrected chi connectivity index (χ1v) is 8.53. The van der Waals surface area contributed by atoms with Crippen molar-refractivity contribution < 1.29 is 24.0 Å².